The third kappa shape index (κ3) is 3.91. The van der Waals surface area contributed by atoms with Crippen molar-refractivity contribution >= 4 is 0 Å². The molecule has 0 saturated carbocycles. The lowest BCUT2D eigenvalue weighted by Gasteiger charge is -2.19. The first kappa shape index (κ1) is 14.7. The zero-order valence-electron chi connectivity index (χ0n) is 13.3. The van der Waals surface area contributed by atoms with Crippen LogP contribution in [0.5, 0.6) is 5.75 Å². The maximum absolute atomic E-state index is 5.97. The minimum atomic E-state index is 0.877. The van der Waals surface area contributed by atoms with E-state index in [1.165, 1.54) is 11.1 Å². The van der Waals surface area contributed by atoms with E-state index in [0.717, 1.165) is 48.7 Å². The second kappa shape index (κ2) is 6.69. The summed E-state index contributed by atoms with van der Waals surface area (Å²) in [4.78, 5) is 0. The molecule has 0 spiro atoms. The molecular formula is C20H22O2. The van der Waals surface area contributed by atoms with Gasteiger partial charge in [-0.25, -0.2) is 0 Å². The Hall–Kier alpha value is -2.22. The Labute approximate surface area is 132 Å². The van der Waals surface area contributed by atoms with Crippen LogP contribution in [0.3, 0.4) is 0 Å². The minimum Gasteiger partial charge on any atom is -0.466 e. The smallest absolute Gasteiger partial charge is 0.126 e. The van der Waals surface area contributed by atoms with Crippen molar-refractivity contribution < 1.29 is 9.47 Å². The highest BCUT2D eigenvalue weighted by Gasteiger charge is 2.12. The zero-order chi connectivity index (χ0) is 15.4. The predicted octanol–water partition coefficient (Wildman–Crippen LogP) is 5.58. The van der Waals surface area contributed by atoms with E-state index in [1.807, 2.05) is 24.3 Å². The van der Waals surface area contributed by atoms with Gasteiger partial charge in [-0.2, -0.15) is 0 Å². The van der Waals surface area contributed by atoms with Gasteiger partial charge < -0.3 is 9.47 Å². The third-order valence-electron chi connectivity index (χ3n) is 3.92. The lowest BCUT2D eigenvalue weighted by molar-refractivity contribution is 0.267. The lowest BCUT2D eigenvalue weighted by Crippen LogP contribution is -2.04. The van der Waals surface area contributed by atoms with E-state index in [-0.39, 0.29) is 0 Å². The van der Waals surface area contributed by atoms with E-state index in [1.54, 1.807) is 0 Å². The van der Waals surface area contributed by atoms with Crippen LogP contribution < -0.4 is 4.74 Å². The number of aryl methyl sites for hydroxylation is 1. The van der Waals surface area contributed by atoms with Crippen molar-refractivity contribution in [2.75, 3.05) is 0 Å². The monoisotopic (exact) mass is 294 g/mol. The molecule has 0 amide bonds. The zero-order valence-corrected chi connectivity index (χ0v) is 13.3. The molecule has 0 aliphatic heterocycles. The first-order valence-corrected chi connectivity index (χ1v) is 7.87. The molecule has 3 rings (SSSR count). The largest absolute Gasteiger partial charge is 0.466 e. The number of allylic oxidation sites excluding steroid dienone is 8. The van der Waals surface area contributed by atoms with Crippen molar-refractivity contribution in [1.82, 2.24) is 0 Å². The summed E-state index contributed by atoms with van der Waals surface area (Å²) in [6, 6.07) is 8.14. The molecule has 0 N–H and O–H groups in total. The highest BCUT2D eigenvalue weighted by Crippen LogP contribution is 2.27. The predicted molar refractivity (Wildman–Crippen MR) is 89.4 cm³/mol. The summed E-state index contributed by atoms with van der Waals surface area (Å²) in [5.74, 6) is 3.97. The van der Waals surface area contributed by atoms with E-state index in [9.17, 15) is 0 Å². The maximum Gasteiger partial charge on any atom is 0.126 e. The van der Waals surface area contributed by atoms with Crippen LogP contribution in [-0.2, 0) is 4.74 Å². The number of hydrogen-bond acceptors (Lipinski definition) is 2. The van der Waals surface area contributed by atoms with Gasteiger partial charge in [-0.15, -0.1) is 0 Å². The molecule has 1 aromatic rings. The molecule has 2 aliphatic rings. The fraction of sp³-hybridized carbons (Fsp3) is 0.300. The van der Waals surface area contributed by atoms with Crippen molar-refractivity contribution in [3.8, 4) is 5.75 Å². The van der Waals surface area contributed by atoms with Gasteiger partial charge in [-0.1, -0.05) is 29.3 Å². The molecule has 2 aliphatic carbocycles. The van der Waals surface area contributed by atoms with E-state index in [4.69, 9.17) is 9.47 Å². The molecule has 0 atom stereocenters. The topological polar surface area (TPSA) is 18.5 Å². The molecule has 2 heteroatoms. The highest BCUT2D eigenvalue weighted by molar-refractivity contribution is 5.30. The van der Waals surface area contributed by atoms with Crippen LogP contribution in [0.25, 0.3) is 0 Å². The van der Waals surface area contributed by atoms with Gasteiger partial charge in [0, 0.05) is 19.3 Å². The summed E-state index contributed by atoms with van der Waals surface area (Å²) in [7, 11) is 0. The SMILES string of the molecule is CC1=CC=C(OC2=CC=C(Oc3ccc(C)cc3)CC2)CC1. The van der Waals surface area contributed by atoms with Gasteiger partial charge in [0.25, 0.3) is 0 Å². The van der Waals surface area contributed by atoms with Gasteiger partial charge in [-0.05, 0) is 50.6 Å². The maximum atomic E-state index is 5.97. The van der Waals surface area contributed by atoms with Crippen molar-refractivity contribution in [2.45, 2.75) is 39.5 Å². The van der Waals surface area contributed by atoms with Gasteiger partial charge in [0.05, 0.1) is 0 Å². The van der Waals surface area contributed by atoms with Gasteiger partial charge in [0.15, 0.2) is 0 Å². The van der Waals surface area contributed by atoms with Crippen LogP contribution in [0.2, 0.25) is 0 Å². The molecule has 0 aromatic heterocycles. The number of hydrogen-bond donors (Lipinski definition) is 0. The second-order valence-electron chi connectivity index (χ2n) is 5.93. The Morgan fingerprint density at radius 3 is 1.73 bits per heavy atom. The molecule has 0 saturated heterocycles. The Morgan fingerprint density at radius 2 is 1.18 bits per heavy atom. The third-order valence-corrected chi connectivity index (χ3v) is 3.92. The first-order valence-electron chi connectivity index (χ1n) is 7.87. The summed E-state index contributed by atoms with van der Waals surface area (Å²) in [5.41, 5.74) is 2.66. The summed E-state index contributed by atoms with van der Waals surface area (Å²) >= 11 is 0. The fourth-order valence-corrected chi connectivity index (χ4v) is 2.50. The molecule has 0 heterocycles. The average Bonchev–Trinajstić information content (AvgIpc) is 2.54. The summed E-state index contributed by atoms with van der Waals surface area (Å²) < 4.78 is 11.9. The fourth-order valence-electron chi connectivity index (χ4n) is 2.50. The van der Waals surface area contributed by atoms with Crippen LogP contribution in [0, 0.1) is 6.92 Å². The molecule has 0 radical (unpaired) electrons. The van der Waals surface area contributed by atoms with E-state index < -0.39 is 0 Å². The quantitative estimate of drug-likeness (QED) is 0.722. The molecule has 0 bridgehead atoms. The molecule has 0 fully saturated rings. The van der Waals surface area contributed by atoms with Crippen LogP contribution in [-0.4, -0.2) is 0 Å². The van der Waals surface area contributed by atoms with E-state index in [2.05, 4.69) is 38.1 Å². The molecular weight excluding hydrogens is 272 g/mol. The molecule has 1 aromatic carbocycles. The average molecular weight is 294 g/mol. The number of ether oxygens (including phenoxy) is 2. The van der Waals surface area contributed by atoms with E-state index >= 15 is 0 Å². The minimum absolute atomic E-state index is 0.877. The second-order valence-corrected chi connectivity index (χ2v) is 5.93. The molecule has 0 unspecified atom stereocenters. The van der Waals surface area contributed by atoms with Crippen molar-refractivity contribution in [3.05, 3.63) is 77.0 Å². The van der Waals surface area contributed by atoms with E-state index in [0.29, 0.717) is 0 Å². The number of benzene rings is 1. The van der Waals surface area contributed by atoms with Gasteiger partial charge >= 0.3 is 0 Å². The van der Waals surface area contributed by atoms with Crippen molar-refractivity contribution in [3.63, 3.8) is 0 Å². The van der Waals surface area contributed by atoms with Crippen molar-refractivity contribution in [2.24, 2.45) is 0 Å². The number of rotatable bonds is 4. The normalized spacial score (nSPS) is 17.9. The Balaban J connectivity index is 1.60. The standard InChI is InChI=1S/C20H22O2/c1-15-3-7-17(8-4-15)21-19-11-13-20(14-12-19)22-18-9-5-16(2)6-10-18/h3-5,7-9,11,13H,6,10,12,14H2,1-2H3. The Morgan fingerprint density at radius 1 is 0.636 bits per heavy atom. The molecule has 114 valence electrons. The van der Waals surface area contributed by atoms with Crippen LogP contribution in [0.4, 0.5) is 0 Å². The first-order chi connectivity index (χ1) is 10.7. The van der Waals surface area contributed by atoms with Gasteiger partial charge in [0.1, 0.15) is 23.0 Å². The molecule has 2 nitrogen and oxygen atoms in total. The Bertz CT molecular complexity index is 657. The summed E-state index contributed by atoms with van der Waals surface area (Å²) in [6.45, 7) is 4.23. The summed E-state index contributed by atoms with van der Waals surface area (Å²) in [5, 5.41) is 0. The molecule has 22 heavy (non-hydrogen) atoms. The lowest BCUT2D eigenvalue weighted by atomic mass is 10.1. The van der Waals surface area contributed by atoms with Gasteiger partial charge in [-0.3, -0.25) is 0 Å². The Kier molecular flexibility index (Phi) is 4.47. The van der Waals surface area contributed by atoms with Gasteiger partial charge in [0.2, 0.25) is 0 Å². The summed E-state index contributed by atoms with van der Waals surface area (Å²) in [6.07, 6.45) is 12.1. The van der Waals surface area contributed by atoms with Crippen LogP contribution in [0.1, 0.15) is 38.2 Å². The highest BCUT2D eigenvalue weighted by atomic mass is 16.5. The van der Waals surface area contributed by atoms with Crippen LogP contribution in [0.15, 0.2) is 71.4 Å². The van der Waals surface area contributed by atoms with Crippen LogP contribution >= 0.6 is 0 Å². The van der Waals surface area contributed by atoms with Crippen molar-refractivity contribution in [1.29, 1.82) is 0 Å².